The number of hydrogen-bond donors (Lipinski definition) is 6. The molecule has 8 aromatic rings. The quantitative estimate of drug-likeness (QED) is 0.0603. The summed E-state index contributed by atoms with van der Waals surface area (Å²) < 4.78 is 4.94. The summed E-state index contributed by atoms with van der Waals surface area (Å²) in [5.74, 6) is 0. The predicted molar refractivity (Wildman–Crippen MR) is 340 cm³/mol. The van der Waals surface area contributed by atoms with Crippen LogP contribution < -0.4 is 50.8 Å². The maximum Gasteiger partial charge on any atom is 1.00 e. The third-order valence-corrected chi connectivity index (χ3v) is 15.0. The van der Waals surface area contributed by atoms with Crippen LogP contribution in [0, 0.1) is 21.7 Å². The van der Waals surface area contributed by atoms with E-state index < -0.39 is 0 Å². The molecule has 0 spiro atoms. The molecule has 9 nitrogen and oxygen atoms in total. The number of nitrogens with one attached hydrogen (secondary N) is 6. The van der Waals surface area contributed by atoms with E-state index in [1.807, 2.05) is 72.8 Å². The van der Waals surface area contributed by atoms with Crippen molar-refractivity contribution >= 4 is 97.0 Å². The van der Waals surface area contributed by atoms with E-state index in [-0.39, 0.29) is 59.3 Å². The van der Waals surface area contributed by atoms with Crippen molar-refractivity contribution in [3.8, 4) is 0 Å². The van der Waals surface area contributed by atoms with Gasteiger partial charge in [0.15, 0.2) is 17.4 Å². The van der Waals surface area contributed by atoms with Crippen LogP contribution >= 0.6 is 0 Å². The van der Waals surface area contributed by atoms with Gasteiger partial charge in [-0.05, 0) is 186 Å². The first-order valence-electron chi connectivity index (χ1n) is 27.1. The zero-order chi connectivity index (χ0) is 53.9. The van der Waals surface area contributed by atoms with Gasteiger partial charge < -0.3 is 38.1 Å². The van der Waals surface area contributed by atoms with Crippen LogP contribution in [0.1, 0.15) is 69.7 Å². The first-order valence-corrected chi connectivity index (χ1v) is 27.1. The Hall–Kier alpha value is -7.01. The number of rotatable bonds is 14. The minimum atomic E-state index is -0.203. The molecule has 0 aromatic heterocycles. The molecule has 79 heavy (non-hydrogen) atoms. The normalized spacial score (nSPS) is 17.5. The van der Waals surface area contributed by atoms with Crippen LogP contribution in [0.15, 0.2) is 228 Å². The minimum Gasteiger partial charge on any atom is -1.00 e. The molecule has 2 saturated carbocycles. The number of para-hydroxylation sites is 4. The fourth-order valence-electron chi connectivity index (χ4n) is 11.6. The molecule has 1 aliphatic heterocycles. The van der Waals surface area contributed by atoms with Crippen LogP contribution in [0.25, 0.3) is 0 Å². The van der Waals surface area contributed by atoms with E-state index in [4.69, 9.17) is 14.7 Å². The maximum absolute atomic E-state index is 5.07. The second kappa shape index (κ2) is 26.8. The standard InChI is InChI=1S/C32H36N4.C32H32N4.C4H8O.Al.Li.4H/c2*1-31(2)29(35-27-19-15-25(16-20-27)33-23-11-7-5-8-12-23)32(3,4)30(31)36-28-21-17-26(18-22-28)34-24-13-9-6-10-14-24;1-2-4-5-3-1;;;;;;/h5-22,29-30,33-36H,1-4H3;5-22,33-34H,1-4H3;1-4H2;;;;;;/q;;;;+1;;;;-1. The van der Waals surface area contributed by atoms with E-state index in [0.717, 1.165) is 92.9 Å². The van der Waals surface area contributed by atoms with Crippen molar-refractivity contribution < 1.29 is 25.0 Å². The molecule has 3 aliphatic rings. The van der Waals surface area contributed by atoms with Gasteiger partial charge in [-0.25, -0.2) is 0 Å². The van der Waals surface area contributed by atoms with Gasteiger partial charge in [-0.2, -0.15) is 0 Å². The van der Waals surface area contributed by atoms with E-state index in [0.29, 0.717) is 12.1 Å². The average Bonchev–Trinajstić information content (AvgIpc) is 3.82. The molecule has 0 atom stereocenters. The second-order valence-electron chi connectivity index (χ2n) is 22.5. The molecule has 6 N–H and O–H groups in total. The zero-order valence-electron chi connectivity index (χ0n) is 48.1. The summed E-state index contributed by atoms with van der Waals surface area (Å²) in [6.45, 7) is 20.3. The fraction of sp³-hybridized carbons (Fsp3) is 0.265. The van der Waals surface area contributed by atoms with Crippen LogP contribution in [-0.4, -0.2) is 54.1 Å². The largest absolute Gasteiger partial charge is 1.00 e. The minimum absolute atomic E-state index is 0. The summed E-state index contributed by atoms with van der Waals surface area (Å²) >= 11 is 0. The van der Waals surface area contributed by atoms with Crippen LogP contribution in [0.5, 0.6) is 0 Å². The Bertz CT molecular complexity index is 2940. The Morgan fingerprint density at radius 1 is 0.342 bits per heavy atom. The summed E-state index contributed by atoms with van der Waals surface area (Å²) in [5.41, 5.74) is 14.9. The average molecular weight is 1060 g/mol. The van der Waals surface area contributed by atoms with Crippen molar-refractivity contribution in [2.75, 3.05) is 45.1 Å². The van der Waals surface area contributed by atoms with Gasteiger partial charge in [-0.3, -0.25) is 9.98 Å². The van der Waals surface area contributed by atoms with E-state index in [2.05, 4.69) is 233 Å². The topological polar surface area (TPSA) is 106 Å². The molecule has 11 rings (SSSR count). The molecule has 0 radical (unpaired) electrons. The molecule has 0 bridgehead atoms. The smallest absolute Gasteiger partial charge is 1.00 e. The van der Waals surface area contributed by atoms with E-state index >= 15 is 0 Å². The molecule has 2 aliphatic carbocycles. The monoisotopic (exact) mass is 1060 g/mol. The van der Waals surface area contributed by atoms with E-state index in [1.54, 1.807) is 0 Å². The summed E-state index contributed by atoms with van der Waals surface area (Å²) in [5, 5.41) is 21.4. The van der Waals surface area contributed by atoms with Crippen molar-refractivity contribution in [3.63, 3.8) is 0 Å². The van der Waals surface area contributed by atoms with Crippen LogP contribution in [-0.2, 0) is 4.74 Å². The predicted octanol–water partition coefficient (Wildman–Crippen LogP) is 14.3. The second-order valence-corrected chi connectivity index (χ2v) is 22.5. The number of aliphatic imine (C=N–C) groups is 2. The van der Waals surface area contributed by atoms with Crippen molar-refractivity contribution in [1.82, 2.24) is 0 Å². The summed E-state index contributed by atoms with van der Waals surface area (Å²) in [7, 11) is 0. The van der Waals surface area contributed by atoms with Crippen LogP contribution in [0.2, 0.25) is 0 Å². The van der Waals surface area contributed by atoms with Gasteiger partial charge in [0.1, 0.15) is 0 Å². The molecule has 0 unspecified atom stereocenters. The molecular weight excluding hydrogens is 979 g/mol. The SMILES string of the molecule is C1CCOC1.CC1(C)C(=Nc2ccc(Nc3ccccc3)cc2)C(C)(C)C1=Nc1ccc(Nc2ccccc2)cc1.CC1(C)C(Nc2ccc(Nc3ccccc3)cc2)C(C)(C)C1Nc1ccc(Nc2ccccc2)cc1.[AlH3].[H-].[Li+]. The van der Waals surface area contributed by atoms with Crippen LogP contribution in [0.3, 0.4) is 0 Å². The Morgan fingerprint density at radius 3 is 0.810 bits per heavy atom. The molecule has 402 valence electrons. The van der Waals surface area contributed by atoms with Gasteiger partial charge in [0.05, 0.1) is 11.4 Å². The Morgan fingerprint density at radius 2 is 0.570 bits per heavy atom. The van der Waals surface area contributed by atoms with Crippen molar-refractivity contribution in [2.24, 2.45) is 31.6 Å². The Kier molecular flexibility index (Phi) is 20.2. The fourth-order valence-corrected chi connectivity index (χ4v) is 11.6. The van der Waals surface area contributed by atoms with Gasteiger partial charge in [0, 0.05) is 115 Å². The third kappa shape index (κ3) is 15.0. The van der Waals surface area contributed by atoms with Crippen molar-refractivity contribution in [1.29, 1.82) is 0 Å². The first kappa shape index (κ1) is 59.6. The van der Waals surface area contributed by atoms with Gasteiger partial charge in [-0.1, -0.05) is 100 Å². The van der Waals surface area contributed by atoms with Gasteiger partial charge >= 0.3 is 18.9 Å². The number of anilines is 10. The number of nitrogens with zero attached hydrogens (tertiary/aromatic N) is 2. The molecule has 11 heteroatoms. The first-order chi connectivity index (χ1) is 37.1. The summed E-state index contributed by atoms with van der Waals surface area (Å²) in [6.07, 6.45) is 2.56. The van der Waals surface area contributed by atoms with Crippen molar-refractivity contribution in [2.45, 2.75) is 80.3 Å². The van der Waals surface area contributed by atoms with E-state index in [1.165, 1.54) is 12.8 Å². The van der Waals surface area contributed by atoms with Crippen LogP contribution in [0.4, 0.5) is 68.2 Å². The van der Waals surface area contributed by atoms with Crippen molar-refractivity contribution in [3.05, 3.63) is 218 Å². The molecule has 1 saturated heterocycles. The number of benzene rings is 8. The molecule has 8 aromatic carbocycles. The molecule has 0 amide bonds. The molecular formula is C68H80AlLiN8O. The van der Waals surface area contributed by atoms with Gasteiger partial charge in [-0.15, -0.1) is 0 Å². The Balaban J connectivity index is 0.000000229. The molecule has 3 fully saturated rings. The zero-order valence-corrected chi connectivity index (χ0v) is 47.1. The van der Waals surface area contributed by atoms with Gasteiger partial charge in [0.25, 0.3) is 0 Å². The van der Waals surface area contributed by atoms with E-state index in [9.17, 15) is 0 Å². The molecule has 1 heterocycles. The third-order valence-electron chi connectivity index (χ3n) is 15.0. The summed E-state index contributed by atoms with van der Waals surface area (Å²) in [4.78, 5) is 10.1. The number of hydrogen-bond acceptors (Lipinski definition) is 9. The summed E-state index contributed by atoms with van der Waals surface area (Å²) in [6, 6.07) is 75.3. The van der Waals surface area contributed by atoms with Gasteiger partial charge in [0.2, 0.25) is 0 Å². The number of ether oxygens (including phenoxy) is 1. The Labute approximate surface area is 494 Å². The maximum atomic E-state index is 5.07.